The molecular formula is C16H20ClN5O. The number of halogens is 1. The van der Waals surface area contributed by atoms with Crippen molar-refractivity contribution in [3.63, 3.8) is 0 Å². The molecule has 1 saturated heterocycles. The molecule has 0 spiro atoms. The molecule has 0 bridgehead atoms. The number of nitrogens with zero attached hydrogens (tertiary/aromatic N) is 3. The number of carbonyl (C=O) groups is 1. The first-order valence-electron chi connectivity index (χ1n) is 7.70. The average Bonchev–Trinajstić information content (AvgIpc) is 2.97. The number of benzene rings is 1. The van der Waals surface area contributed by atoms with E-state index in [-0.39, 0.29) is 5.91 Å². The fourth-order valence-electron chi connectivity index (χ4n) is 2.61. The molecule has 0 aliphatic carbocycles. The Balaban J connectivity index is 1.61. The Kier molecular flexibility index (Phi) is 5.27. The molecule has 2 aromatic rings. The highest BCUT2D eigenvalue weighted by Crippen LogP contribution is 2.18. The summed E-state index contributed by atoms with van der Waals surface area (Å²) in [4.78, 5) is 14.3. The third-order valence-corrected chi connectivity index (χ3v) is 4.21. The maximum Gasteiger partial charge on any atom is 0.239 e. The quantitative estimate of drug-likeness (QED) is 0.869. The van der Waals surface area contributed by atoms with Crippen molar-refractivity contribution < 1.29 is 4.79 Å². The molecule has 1 aromatic carbocycles. The van der Waals surface area contributed by atoms with Crippen molar-refractivity contribution in [1.29, 1.82) is 0 Å². The molecule has 0 radical (unpaired) electrons. The van der Waals surface area contributed by atoms with E-state index in [2.05, 4.69) is 20.6 Å². The molecule has 1 aromatic heterocycles. The van der Waals surface area contributed by atoms with Gasteiger partial charge in [0, 0.05) is 37.3 Å². The van der Waals surface area contributed by atoms with E-state index in [1.807, 2.05) is 24.3 Å². The van der Waals surface area contributed by atoms with Crippen LogP contribution in [0, 0.1) is 0 Å². The molecule has 1 amide bonds. The molecule has 6 nitrogen and oxygen atoms in total. The molecule has 2 heterocycles. The van der Waals surface area contributed by atoms with Gasteiger partial charge in [-0.3, -0.25) is 9.69 Å². The Morgan fingerprint density at radius 1 is 1.26 bits per heavy atom. The van der Waals surface area contributed by atoms with Gasteiger partial charge < -0.3 is 10.6 Å². The zero-order valence-electron chi connectivity index (χ0n) is 12.8. The first-order valence-corrected chi connectivity index (χ1v) is 8.08. The van der Waals surface area contributed by atoms with Gasteiger partial charge in [-0.1, -0.05) is 29.8 Å². The Morgan fingerprint density at radius 2 is 2.04 bits per heavy atom. The van der Waals surface area contributed by atoms with Crippen LogP contribution in [0.4, 0.5) is 5.82 Å². The molecule has 1 aliphatic rings. The Labute approximate surface area is 140 Å². The number of carbonyl (C=O) groups excluding carboxylic acids is 1. The van der Waals surface area contributed by atoms with Crippen LogP contribution in [0.5, 0.6) is 0 Å². The van der Waals surface area contributed by atoms with Crippen molar-refractivity contribution in [3.8, 4) is 0 Å². The first-order chi connectivity index (χ1) is 11.2. The van der Waals surface area contributed by atoms with E-state index in [0.717, 1.165) is 31.7 Å². The number of amides is 1. The molecule has 23 heavy (non-hydrogen) atoms. The number of nitrogens with one attached hydrogen (secondary N) is 2. The minimum absolute atomic E-state index is 0.0205. The Bertz CT molecular complexity index is 666. The van der Waals surface area contributed by atoms with Crippen LogP contribution in [0.1, 0.15) is 5.56 Å². The molecule has 0 atom stereocenters. The molecule has 0 saturated carbocycles. The minimum Gasteiger partial charge on any atom is -0.314 e. The van der Waals surface area contributed by atoms with Gasteiger partial charge in [0.2, 0.25) is 5.91 Å². The van der Waals surface area contributed by atoms with Gasteiger partial charge in [-0.25, -0.2) is 4.68 Å². The lowest BCUT2D eigenvalue weighted by atomic mass is 10.2. The average molecular weight is 334 g/mol. The van der Waals surface area contributed by atoms with E-state index in [1.165, 1.54) is 0 Å². The summed E-state index contributed by atoms with van der Waals surface area (Å²) in [5, 5.41) is 11.2. The third-order valence-electron chi connectivity index (χ3n) is 3.84. The monoisotopic (exact) mass is 333 g/mol. The van der Waals surface area contributed by atoms with Crippen LogP contribution < -0.4 is 10.6 Å². The predicted octanol–water partition coefficient (Wildman–Crippen LogP) is 1.43. The maximum atomic E-state index is 12.2. The van der Waals surface area contributed by atoms with Crippen molar-refractivity contribution in [2.75, 3.05) is 38.0 Å². The molecule has 3 rings (SSSR count). The second-order valence-corrected chi connectivity index (χ2v) is 5.95. The zero-order chi connectivity index (χ0) is 16.1. The van der Waals surface area contributed by atoms with Crippen LogP contribution in [-0.4, -0.2) is 53.3 Å². The summed E-state index contributed by atoms with van der Waals surface area (Å²) in [6.07, 6.45) is 1.68. The third kappa shape index (κ3) is 4.31. The minimum atomic E-state index is -0.0205. The summed E-state index contributed by atoms with van der Waals surface area (Å²) >= 11 is 6.19. The highest BCUT2D eigenvalue weighted by molar-refractivity contribution is 6.31. The predicted molar refractivity (Wildman–Crippen MR) is 90.7 cm³/mol. The van der Waals surface area contributed by atoms with Gasteiger partial charge in [-0.05, 0) is 11.6 Å². The summed E-state index contributed by atoms with van der Waals surface area (Å²) < 4.78 is 1.75. The van der Waals surface area contributed by atoms with Gasteiger partial charge in [-0.2, -0.15) is 5.10 Å². The molecule has 7 heteroatoms. The molecular weight excluding hydrogens is 314 g/mol. The molecule has 0 unspecified atom stereocenters. The van der Waals surface area contributed by atoms with Crippen molar-refractivity contribution in [1.82, 2.24) is 20.0 Å². The maximum absolute atomic E-state index is 12.2. The molecule has 1 fully saturated rings. The highest BCUT2D eigenvalue weighted by Gasteiger charge is 2.15. The summed E-state index contributed by atoms with van der Waals surface area (Å²) in [5.74, 6) is 0.665. The standard InChI is InChI=1S/C16H20ClN5O/c17-14-4-2-1-3-13(14)11-22-15(5-6-19-22)20-16(23)12-21-9-7-18-8-10-21/h1-6,18H,7-12H2,(H,20,23). The van der Waals surface area contributed by atoms with Gasteiger partial charge in [0.1, 0.15) is 5.82 Å². The van der Waals surface area contributed by atoms with Gasteiger partial charge in [0.25, 0.3) is 0 Å². The van der Waals surface area contributed by atoms with Crippen molar-refractivity contribution in [2.24, 2.45) is 0 Å². The Morgan fingerprint density at radius 3 is 2.83 bits per heavy atom. The normalized spacial score (nSPS) is 15.5. The lowest BCUT2D eigenvalue weighted by molar-refractivity contribution is -0.117. The largest absolute Gasteiger partial charge is 0.314 e. The molecule has 1 aliphatic heterocycles. The molecule has 122 valence electrons. The first kappa shape index (κ1) is 16.0. The second kappa shape index (κ2) is 7.59. The van der Waals surface area contributed by atoms with Crippen molar-refractivity contribution in [2.45, 2.75) is 6.54 Å². The smallest absolute Gasteiger partial charge is 0.239 e. The fourth-order valence-corrected chi connectivity index (χ4v) is 2.80. The van der Waals surface area contributed by atoms with Crippen LogP contribution in [-0.2, 0) is 11.3 Å². The van der Waals surface area contributed by atoms with E-state index >= 15 is 0 Å². The van der Waals surface area contributed by atoms with E-state index in [9.17, 15) is 4.79 Å². The number of hydrogen-bond donors (Lipinski definition) is 2. The van der Waals surface area contributed by atoms with Crippen molar-refractivity contribution in [3.05, 3.63) is 47.1 Å². The van der Waals surface area contributed by atoms with Gasteiger partial charge in [0.05, 0.1) is 19.3 Å². The number of anilines is 1. The van der Waals surface area contributed by atoms with Gasteiger partial charge in [-0.15, -0.1) is 0 Å². The van der Waals surface area contributed by atoms with E-state index in [1.54, 1.807) is 16.9 Å². The lowest BCUT2D eigenvalue weighted by Crippen LogP contribution is -2.46. The van der Waals surface area contributed by atoms with Crippen LogP contribution in [0.25, 0.3) is 0 Å². The topological polar surface area (TPSA) is 62.2 Å². The number of hydrogen-bond acceptors (Lipinski definition) is 4. The lowest BCUT2D eigenvalue weighted by Gasteiger charge is -2.26. The Hall–Kier alpha value is -1.89. The van der Waals surface area contributed by atoms with E-state index in [4.69, 9.17) is 11.6 Å². The van der Waals surface area contributed by atoms with Crippen LogP contribution in [0.2, 0.25) is 5.02 Å². The summed E-state index contributed by atoms with van der Waals surface area (Å²) in [5.41, 5.74) is 0.968. The van der Waals surface area contributed by atoms with Crippen molar-refractivity contribution >= 4 is 23.3 Å². The second-order valence-electron chi connectivity index (χ2n) is 5.54. The van der Waals surface area contributed by atoms with E-state index < -0.39 is 0 Å². The van der Waals surface area contributed by atoms with Crippen LogP contribution in [0.3, 0.4) is 0 Å². The summed E-state index contributed by atoms with van der Waals surface area (Å²) in [6.45, 7) is 4.57. The fraction of sp³-hybridized carbons (Fsp3) is 0.375. The van der Waals surface area contributed by atoms with Gasteiger partial charge in [0.15, 0.2) is 0 Å². The highest BCUT2D eigenvalue weighted by atomic mass is 35.5. The number of piperazine rings is 1. The van der Waals surface area contributed by atoms with Crippen LogP contribution in [0.15, 0.2) is 36.5 Å². The van der Waals surface area contributed by atoms with E-state index in [0.29, 0.717) is 23.9 Å². The number of rotatable bonds is 5. The van der Waals surface area contributed by atoms with Crippen LogP contribution >= 0.6 is 11.6 Å². The van der Waals surface area contributed by atoms with Gasteiger partial charge >= 0.3 is 0 Å². The SMILES string of the molecule is O=C(CN1CCNCC1)Nc1ccnn1Cc1ccccc1Cl. The zero-order valence-corrected chi connectivity index (χ0v) is 13.6. The number of aromatic nitrogens is 2. The summed E-state index contributed by atoms with van der Waals surface area (Å²) in [6, 6.07) is 9.43. The molecule has 2 N–H and O–H groups in total. The summed E-state index contributed by atoms with van der Waals surface area (Å²) in [7, 11) is 0.